The molecule has 6 nitrogen and oxygen atoms in total. The number of nitrogens with zero attached hydrogens (tertiary/aromatic N) is 2. The van der Waals surface area contributed by atoms with Gasteiger partial charge in [0.05, 0.1) is 15.7 Å². The van der Waals surface area contributed by atoms with E-state index in [1.54, 1.807) is 21.9 Å². The number of benzene rings is 4. The Labute approximate surface area is 256 Å². The second-order valence-corrected chi connectivity index (χ2v) is 11.3. The van der Waals surface area contributed by atoms with Crippen LogP contribution in [0.5, 0.6) is 0 Å². The van der Waals surface area contributed by atoms with Crippen molar-refractivity contribution >= 4 is 57.4 Å². The van der Waals surface area contributed by atoms with Gasteiger partial charge in [0, 0.05) is 43.4 Å². The van der Waals surface area contributed by atoms with Crippen molar-refractivity contribution in [1.82, 2.24) is 10.2 Å². The van der Waals surface area contributed by atoms with E-state index >= 15 is 0 Å². The molecule has 3 amide bonds. The number of carbonyl (C=O) groups excluding carboxylic acids is 3. The molecule has 1 atom stereocenters. The van der Waals surface area contributed by atoms with Gasteiger partial charge in [-0.15, -0.1) is 0 Å². The van der Waals surface area contributed by atoms with Gasteiger partial charge in [-0.1, -0.05) is 90.8 Å². The fraction of sp³-hybridized carbons (Fsp3) is 0.265. The van der Waals surface area contributed by atoms with E-state index in [1.165, 1.54) is 0 Å². The van der Waals surface area contributed by atoms with Crippen LogP contribution in [-0.4, -0.2) is 41.8 Å². The molecule has 1 N–H and O–H groups in total. The van der Waals surface area contributed by atoms with Crippen LogP contribution in [0.1, 0.15) is 47.7 Å². The normalized spacial score (nSPS) is 12.9. The van der Waals surface area contributed by atoms with Gasteiger partial charge in [0.15, 0.2) is 0 Å². The van der Waals surface area contributed by atoms with Gasteiger partial charge in [0.1, 0.15) is 6.04 Å². The minimum Gasteiger partial charge on any atom is -0.354 e. The summed E-state index contributed by atoms with van der Waals surface area (Å²) in [6, 6.07) is 25.8. The Morgan fingerprint density at radius 1 is 0.905 bits per heavy atom. The topological polar surface area (TPSA) is 69.7 Å². The van der Waals surface area contributed by atoms with E-state index in [1.807, 2.05) is 79.7 Å². The van der Waals surface area contributed by atoms with Crippen molar-refractivity contribution in [2.75, 3.05) is 18.0 Å². The van der Waals surface area contributed by atoms with Crippen molar-refractivity contribution in [1.29, 1.82) is 0 Å². The Morgan fingerprint density at radius 3 is 2.40 bits per heavy atom. The van der Waals surface area contributed by atoms with E-state index in [0.717, 1.165) is 34.0 Å². The lowest BCUT2D eigenvalue weighted by Gasteiger charge is -2.32. The van der Waals surface area contributed by atoms with Gasteiger partial charge in [-0.3, -0.25) is 14.4 Å². The lowest BCUT2D eigenvalue weighted by Crippen LogP contribution is -2.50. The maximum atomic E-state index is 14.0. The molecule has 0 aliphatic carbocycles. The van der Waals surface area contributed by atoms with E-state index in [2.05, 4.69) is 5.32 Å². The Balaban J connectivity index is 1.38. The summed E-state index contributed by atoms with van der Waals surface area (Å²) in [4.78, 5) is 44.1. The Kier molecular flexibility index (Phi) is 9.45. The van der Waals surface area contributed by atoms with Crippen LogP contribution in [0.25, 0.3) is 10.8 Å². The number of anilines is 1. The maximum Gasteiger partial charge on any atom is 0.258 e. The third-order valence-electron chi connectivity index (χ3n) is 7.58. The molecule has 0 saturated carbocycles. The highest BCUT2D eigenvalue weighted by Crippen LogP contribution is 2.37. The predicted octanol–water partition coefficient (Wildman–Crippen LogP) is 7.05. The van der Waals surface area contributed by atoms with E-state index in [-0.39, 0.29) is 30.7 Å². The van der Waals surface area contributed by atoms with E-state index in [0.29, 0.717) is 41.5 Å². The number of hydrogen-bond donors (Lipinski definition) is 1. The zero-order chi connectivity index (χ0) is 29.6. The smallest absolute Gasteiger partial charge is 0.258 e. The molecular weight excluding hydrogens is 569 g/mol. The third-order valence-corrected chi connectivity index (χ3v) is 8.32. The average molecular weight is 603 g/mol. The molecule has 0 bridgehead atoms. The molecule has 0 radical (unpaired) electrons. The quantitative estimate of drug-likeness (QED) is 0.189. The summed E-state index contributed by atoms with van der Waals surface area (Å²) >= 11 is 12.5. The highest BCUT2D eigenvalue weighted by atomic mass is 35.5. The second-order valence-electron chi connectivity index (χ2n) is 10.5. The number of halogens is 2. The van der Waals surface area contributed by atoms with E-state index in [4.69, 9.17) is 23.2 Å². The number of rotatable bonds is 12. The summed E-state index contributed by atoms with van der Waals surface area (Å²) in [7, 11) is 0. The Bertz CT molecular complexity index is 1600. The van der Waals surface area contributed by atoms with Gasteiger partial charge in [-0.05, 0) is 53.6 Å². The number of amides is 3. The molecule has 216 valence electrons. The summed E-state index contributed by atoms with van der Waals surface area (Å²) in [5, 5.41) is 5.77. The predicted molar refractivity (Wildman–Crippen MR) is 169 cm³/mol. The molecule has 0 spiro atoms. The molecule has 0 unspecified atom stereocenters. The van der Waals surface area contributed by atoms with Crippen LogP contribution in [0.4, 0.5) is 5.69 Å². The summed E-state index contributed by atoms with van der Waals surface area (Å²) in [5.41, 5.74) is 3.28. The van der Waals surface area contributed by atoms with Crippen molar-refractivity contribution in [3.63, 3.8) is 0 Å². The van der Waals surface area contributed by atoms with Crippen molar-refractivity contribution in [3.05, 3.63) is 112 Å². The molecule has 4 aromatic carbocycles. The summed E-state index contributed by atoms with van der Waals surface area (Å²) in [6.07, 6.45) is 1.76. The van der Waals surface area contributed by atoms with Gasteiger partial charge in [-0.25, -0.2) is 0 Å². The van der Waals surface area contributed by atoms with Crippen LogP contribution in [0, 0.1) is 0 Å². The van der Waals surface area contributed by atoms with Crippen molar-refractivity contribution < 1.29 is 14.4 Å². The van der Waals surface area contributed by atoms with Gasteiger partial charge in [0.25, 0.3) is 5.91 Å². The highest BCUT2D eigenvalue weighted by molar-refractivity contribution is 6.42. The zero-order valence-corrected chi connectivity index (χ0v) is 25.0. The average Bonchev–Trinajstić information content (AvgIpc) is 3.28. The van der Waals surface area contributed by atoms with Gasteiger partial charge >= 0.3 is 0 Å². The van der Waals surface area contributed by atoms with Crippen LogP contribution in [0.15, 0.2) is 84.9 Å². The lowest BCUT2D eigenvalue weighted by molar-refractivity contribution is -0.141. The molecule has 0 fully saturated rings. The molecule has 5 rings (SSSR count). The Hall–Kier alpha value is -3.87. The molecule has 8 heteroatoms. The number of hydrogen-bond acceptors (Lipinski definition) is 3. The fourth-order valence-electron chi connectivity index (χ4n) is 5.49. The van der Waals surface area contributed by atoms with E-state index < -0.39 is 6.04 Å². The lowest BCUT2D eigenvalue weighted by atomic mass is 10.0. The molecule has 4 aromatic rings. The van der Waals surface area contributed by atoms with Crippen LogP contribution < -0.4 is 10.2 Å². The molecule has 42 heavy (non-hydrogen) atoms. The first kappa shape index (κ1) is 29.6. The van der Waals surface area contributed by atoms with Crippen LogP contribution in [0.2, 0.25) is 10.0 Å². The van der Waals surface area contributed by atoms with Gasteiger partial charge in [0.2, 0.25) is 11.8 Å². The van der Waals surface area contributed by atoms with Crippen molar-refractivity contribution in [2.45, 2.75) is 45.2 Å². The summed E-state index contributed by atoms with van der Waals surface area (Å²) in [5.74, 6) is -0.426. The second kappa shape index (κ2) is 13.4. The minimum absolute atomic E-state index is 0.0530. The fourth-order valence-corrected chi connectivity index (χ4v) is 5.81. The van der Waals surface area contributed by atoms with Crippen molar-refractivity contribution in [2.24, 2.45) is 0 Å². The summed E-state index contributed by atoms with van der Waals surface area (Å²) < 4.78 is 0. The number of carbonyl (C=O) groups is 3. The van der Waals surface area contributed by atoms with E-state index in [9.17, 15) is 14.4 Å². The molecule has 0 saturated heterocycles. The van der Waals surface area contributed by atoms with Gasteiger partial charge < -0.3 is 15.1 Å². The minimum atomic E-state index is -0.729. The monoisotopic (exact) mass is 601 g/mol. The molecule has 0 aromatic heterocycles. The first-order valence-corrected chi connectivity index (χ1v) is 15.0. The zero-order valence-electron chi connectivity index (χ0n) is 23.5. The standard InChI is InChI=1S/C34H33Cl2N3O3/c1-2-18-37-33(41)30(21-23-9-4-3-5-10-23)39(22-24-16-17-27(35)28(36)20-24)31(40)15-8-19-38-29-14-7-12-25-11-6-13-26(32(25)29)34(38)42/h3-7,9-14,16-17,20,30H,2,8,15,18-19,21-22H2,1H3,(H,37,41)/t30-/m1/s1. The first-order valence-electron chi connectivity index (χ1n) is 14.3. The molecule has 1 aliphatic heterocycles. The highest BCUT2D eigenvalue weighted by Gasteiger charge is 2.32. The molecule has 1 aliphatic rings. The largest absolute Gasteiger partial charge is 0.354 e. The molecular formula is C34H33Cl2N3O3. The SMILES string of the molecule is CCCNC(=O)[C@@H](Cc1ccccc1)N(Cc1ccc(Cl)c(Cl)c1)C(=O)CCCN1C(=O)c2cccc3cccc1c23. The molecule has 1 heterocycles. The first-order chi connectivity index (χ1) is 20.4. The van der Waals surface area contributed by atoms with Crippen LogP contribution in [0.3, 0.4) is 0 Å². The van der Waals surface area contributed by atoms with Gasteiger partial charge in [-0.2, -0.15) is 0 Å². The van der Waals surface area contributed by atoms with Crippen LogP contribution in [-0.2, 0) is 22.6 Å². The summed E-state index contributed by atoms with van der Waals surface area (Å²) in [6.45, 7) is 3.09. The van der Waals surface area contributed by atoms with Crippen molar-refractivity contribution in [3.8, 4) is 0 Å². The third kappa shape index (κ3) is 6.45. The Morgan fingerprint density at radius 2 is 1.67 bits per heavy atom. The number of nitrogens with one attached hydrogen (secondary N) is 1. The van der Waals surface area contributed by atoms with Crippen LogP contribution >= 0.6 is 23.2 Å². The maximum absolute atomic E-state index is 14.0.